The Morgan fingerprint density at radius 1 is 1.00 bits per heavy atom. The molecule has 0 saturated carbocycles. The Kier molecular flexibility index (Phi) is 3.21. The van der Waals surface area contributed by atoms with Gasteiger partial charge in [-0.3, -0.25) is 23.5 Å². The number of aromatic nitrogens is 2. The fraction of sp³-hybridized carbons (Fsp3) is 0.429. The highest BCUT2D eigenvalue weighted by Crippen LogP contribution is 2.09. The van der Waals surface area contributed by atoms with Crippen LogP contribution in [0, 0.1) is 0 Å². The third-order valence-corrected chi connectivity index (χ3v) is 3.67. The van der Waals surface area contributed by atoms with Crippen LogP contribution in [0.3, 0.4) is 0 Å². The van der Waals surface area contributed by atoms with E-state index in [4.69, 9.17) is 0 Å². The third-order valence-electron chi connectivity index (χ3n) is 3.67. The Bertz CT molecular complexity index is 696. The lowest BCUT2D eigenvalue weighted by atomic mass is 10.1. The summed E-state index contributed by atoms with van der Waals surface area (Å²) >= 11 is 0. The van der Waals surface area contributed by atoms with Crippen LogP contribution in [0.4, 0.5) is 0 Å². The average molecular weight is 259 g/mol. The smallest absolute Gasteiger partial charge is 0.276 e. The van der Waals surface area contributed by atoms with Crippen molar-refractivity contribution in [2.75, 3.05) is 13.1 Å². The van der Waals surface area contributed by atoms with Gasteiger partial charge in [-0.1, -0.05) is 12.5 Å². The molecule has 0 aliphatic carbocycles. The fourth-order valence-electron chi connectivity index (χ4n) is 2.62. The zero-order valence-corrected chi connectivity index (χ0v) is 10.8. The molecule has 100 valence electrons. The summed E-state index contributed by atoms with van der Waals surface area (Å²) in [5, 5.41) is 0. The fourth-order valence-corrected chi connectivity index (χ4v) is 2.62. The molecule has 1 fully saturated rings. The topological polar surface area (TPSA) is 46.7 Å². The molecule has 5 nitrogen and oxygen atoms in total. The number of hydrogen-bond acceptors (Lipinski definition) is 3. The molecule has 2 aromatic rings. The van der Waals surface area contributed by atoms with Crippen LogP contribution in [0.25, 0.3) is 5.52 Å². The molecule has 5 heteroatoms. The molecule has 3 rings (SSSR count). The van der Waals surface area contributed by atoms with Crippen molar-refractivity contribution in [2.45, 2.75) is 25.9 Å². The van der Waals surface area contributed by atoms with Crippen LogP contribution >= 0.6 is 0 Å². The first-order valence-corrected chi connectivity index (χ1v) is 6.69. The van der Waals surface area contributed by atoms with Crippen molar-refractivity contribution in [1.29, 1.82) is 0 Å². The second-order valence-corrected chi connectivity index (χ2v) is 5.01. The molecule has 0 bridgehead atoms. The van der Waals surface area contributed by atoms with Crippen molar-refractivity contribution in [3.05, 3.63) is 51.3 Å². The van der Waals surface area contributed by atoms with Crippen molar-refractivity contribution < 1.29 is 0 Å². The van der Waals surface area contributed by atoms with E-state index in [0.717, 1.165) is 13.1 Å². The summed E-state index contributed by atoms with van der Waals surface area (Å²) in [4.78, 5) is 26.2. The number of pyridine rings is 1. The van der Waals surface area contributed by atoms with Gasteiger partial charge in [0, 0.05) is 18.5 Å². The number of hydrogen-bond donors (Lipinski definition) is 0. The van der Waals surface area contributed by atoms with E-state index >= 15 is 0 Å². The predicted octanol–water partition coefficient (Wildman–Crippen LogP) is 0.905. The van der Waals surface area contributed by atoms with E-state index in [1.54, 1.807) is 29.1 Å². The molecular formula is C14H17N3O2. The first kappa shape index (κ1) is 12.2. The molecule has 3 heterocycles. The van der Waals surface area contributed by atoms with Crippen molar-refractivity contribution in [2.24, 2.45) is 0 Å². The highest BCUT2D eigenvalue weighted by molar-refractivity contribution is 5.43. The first-order chi connectivity index (χ1) is 9.25. The maximum Gasteiger partial charge on any atom is 0.276 e. The number of piperidine rings is 1. The Morgan fingerprint density at radius 2 is 1.79 bits per heavy atom. The summed E-state index contributed by atoms with van der Waals surface area (Å²) in [5.41, 5.74) is 0.164. The summed E-state index contributed by atoms with van der Waals surface area (Å²) in [7, 11) is 0. The maximum atomic E-state index is 12.3. The van der Waals surface area contributed by atoms with E-state index in [1.165, 1.54) is 29.7 Å². The van der Waals surface area contributed by atoms with Gasteiger partial charge in [-0.15, -0.1) is 0 Å². The van der Waals surface area contributed by atoms with E-state index in [1.807, 2.05) is 0 Å². The number of fused-ring (bicyclic) bond motifs is 1. The molecule has 0 aromatic carbocycles. The largest absolute Gasteiger partial charge is 0.299 e. The van der Waals surface area contributed by atoms with E-state index in [0.29, 0.717) is 12.2 Å². The molecule has 0 N–H and O–H groups in total. The molecule has 0 unspecified atom stereocenters. The molecular weight excluding hydrogens is 242 g/mol. The zero-order chi connectivity index (χ0) is 13.2. The lowest BCUT2D eigenvalue weighted by Gasteiger charge is -2.26. The van der Waals surface area contributed by atoms with E-state index in [-0.39, 0.29) is 11.1 Å². The van der Waals surface area contributed by atoms with Crippen LogP contribution in [-0.4, -0.2) is 27.0 Å². The molecule has 2 aromatic heterocycles. The SMILES string of the molecule is O=c1c2cccc(=O)n2ccn1CN1CCCCC1. The van der Waals surface area contributed by atoms with Crippen LogP contribution < -0.4 is 11.1 Å². The number of nitrogens with zero attached hydrogens (tertiary/aromatic N) is 3. The monoisotopic (exact) mass is 259 g/mol. The normalized spacial score (nSPS) is 16.8. The first-order valence-electron chi connectivity index (χ1n) is 6.69. The lowest BCUT2D eigenvalue weighted by Crippen LogP contribution is -2.36. The van der Waals surface area contributed by atoms with Gasteiger partial charge in [0.25, 0.3) is 11.1 Å². The van der Waals surface area contributed by atoms with Gasteiger partial charge in [-0.2, -0.15) is 0 Å². The summed E-state index contributed by atoms with van der Waals surface area (Å²) in [5.74, 6) is 0. The highest BCUT2D eigenvalue weighted by atomic mass is 16.1. The average Bonchev–Trinajstić information content (AvgIpc) is 2.44. The zero-order valence-electron chi connectivity index (χ0n) is 10.8. The quantitative estimate of drug-likeness (QED) is 0.805. The van der Waals surface area contributed by atoms with Crippen LogP contribution in [0.15, 0.2) is 40.2 Å². The van der Waals surface area contributed by atoms with Crippen LogP contribution in [-0.2, 0) is 6.67 Å². The maximum absolute atomic E-state index is 12.3. The summed E-state index contributed by atoms with van der Waals surface area (Å²) in [6.45, 7) is 2.69. The van der Waals surface area contributed by atoms with Crippen molar-refractivity contribution in [3.8, 4) is 0 Å². The Morgan fingerprint density at radius 3 is 2.58 bits per heavy atom. The van der Waals surface area contributed by atoms with E-state index in [9.17, 15) is 9.59 Å². The van der Waals surface area contributed by atoms with Gasteiger partial charge >= 0.3 is 0 Å². The second kappa shape index (κ2) is 5.01. The Labute approximate surface area is 110 Å². The van der Waals surface area contributed by atoms with Gasteiger partial charge in [0.2, 0.25) is 0 Å². The van der Waals surface area contributed by atoms with E-state index < -0.39 is 0 Å². The molecule has 1 aliphatic heterocycles. The molecule has 1 aliphatic rings. The Hall–Kier alpha value is -1.88. The van der Waals surface area contributed by atoms with Crippen LogP contribution in [0.5, 0.6) is 0 Å². The molecule has 0 atom stereocenters. The lowest BCUT2D eigenvalue weighted by molar-refractivity contribution is 0.180. The van der Waals surface area contributed by atoms with Gasteiger partial charge in [-0.05, 0) is 32.0 Å². The van der Waals surface area contributed by atoms with Gasteiger partial charge < -0.3 is 0 Å². The van der Waals surface area contributed by atoms with E-state index in [2.05, 4.69) is 4.90 Å². The molecule has 1 saturated heterocycles. The number of rotatable bonds is 2. The van der Waals surface area contributed by atoms with Gasteiger partial charge in [0.05, 0.1) is 6.67 Å². The molecule has 0 spiro atoms. The van der Waals surface area contributed by atoms with Crippen LogP contribution in [0.1, 0.15) is 19.3 Å². The summed E-state index contributed by atoms with van der Waals surface area (Å²) < 4.78 is 3.08. The predicted molar refractivity (Wildman–Crippen MR) is 73.4 cm³/mol. The molecule has 19 heavy (non-hydrogen) atoms. The van der Waals surface area contributed by atoms with Crippen molar-refractivity contribution >= 4 is 5.52 Å². The minimum absolute atomic E-state index is 0.106. The second-order valence-electron chi connectivity index (χ2n) is 5.01. The van der Waals surface area contributed by atoms with Crippen LogP contribution in [0.2, 0.25) is 0 Å². The minimum atomic E-state index is -0.167. The summed E-state index contributed by atoms with van der Waals surface area (Å²) in [6.07, 6.45) is 7.04. The standard InChI is InChI=1S/C14H17N3O2/c18-13-6-4-5-12-14(19)16(9-10-17(12)13)11-15-7-2-1-3-8-15/h4-6,9-10H,1-3,7-8,11H2. The highest BCUT2D eigenvalue weighted by Gasteiger charge is 2.11. The van der Waals surface area contributed by atoms with Gasteiger partial charge in [-0.25, -0.2) is 0 Å². The van der Waals surface area contributed by atoms with Gasteiger partial charge in [0.15, 0.2) is 0 Å². The molecule has 0 radical (unpaired) electrons. The molecule has 0 amide bonds. The van der Waals surface area contributed by atoms with Crippen molar-refractivity contribution in [1.82, 2.24) is 13.9 Å². The minimum Gasteiger partial charge on any atom is -0.299 e. The third kappa shape index (κ3) is 2.33. The van der Waals surface area contributed by atoms with Crippen molar-refractivity contribution in [3.63, 3.8) is 0 Å². The summed E-state index contributed by atoms with van der Waals surface area (Å²) in [6, 6.07) is 4.78. The number of likely N-dealkylation sites (tertiary alicyclic amines) is 1. The Balaban J connectivity index is 1.98. The van der Waals surface area contributed by atoms with Gasteiger partial charge in [0.1, 0.15) is 5.52 Å².